The second-order valence-corrected chi connectivity index (χ2v) is 11.2. The summed E-state index contributed by atoms with van der Waals surface area (Å²) in [7, 11) is 5.87. The molecular weight excluding hydrogens is 530 g/mol. The van der Waals surface area contributed by atoms with Crippen LogP contribution in [0.3, 0.4) is 0 Å². The Labute approximate surface area is 245 Å². The number of aliphatic hydroxyl groups is 1. The Morgan fingerprint density at radius 2 is 1.86 bits per heavy atom. The van der Waals surface area contributed by atoms with Crippen LogP contribution in [0.1, 0.15) is 25.3 Å². The number of nitriles is 1. The number of carbonyl (C=O) groups excluding carboxylic acids is 1. The van der Waals surface area contributed by atoms with Gasteiger partial charge >= 0.3 is 0 Å². The van der Waals surface area contributed by atoms with Crippen molar-refractivity contribution in [3.05, 3.63) is 66.4 Å². The zero-order valence-corrected chi connectivity index (χ0v) is 24.6. The molecular formula is C31H37N9O2. The molecule has 0 saturated carbocycles. The largest absolute Gasteiger partial charge is 0.392 e. The Balaban J connectivity index is 1.25. The van der Waals surface area contributed by atoms with Gasteiger partial charge in [0.1, 0.15) is 11.9 Å². The summed E-state index contributed by atoms with van der Waals surface area (Å²) in [4.78, 5) is 23.7. The van der Waals surface area contributed by atoms with Crippen LogP contribution >= 0.6 is 0 Å². The fourth-order valence-electron chi connectivity index (χ4n) is 5.27. The number of piperazine rings is 1. The molecule has 1 aliphatic rings. The molecule has 1 fully saturated rings. The lowest BCUT2D eigenvalue weighted by atomic mass is 10.0. The molecule has 1 unspecified atom stereocenters. The third-order valence-corrected chi connectivity index (χ3v) is 7.56. The molecule has 1 aliphatic heterocycles. The van der Waals surface area contributed by atoms with E-state index in [4.69, 9.17) is 4.98 Å². The van der Waals surface area contributed by atoms with E-state index in [2.05, 4.69) is 32.1 Å². The summed E-state index contributed by atoms with van der Waals surface area (Å²) >= 11 is 0. The molecule has 42 heavy (non-hydrogen) atoms. The second kappa shape index (κ2) is 12.5. The fourth-order valence-corrected chi connectivity index (χ4v) is 5.27. The van der Waals surface area contributed by atoms with Crippen LogP contribution in [-0.2, 0) is 11.8 Å². The van der Waals surface area contributed by atoms with Crippen molar-refractivity contribution in [2.45, 2.75) is 25.9 Å². The van der Waals surface area contributed by atoms with Crippen LogP contribution in [0, 0.1) is 11.3 Å². The van der Waals surface area contributed by atoms with Crippen molar-refractivity contribution in [3.8, 4) is 28.3 Å². The van der Waals surface area contributed by atoms with Crippen molar-refractivity contribution in [2.24, 2.45) is 7.05 Å². The molecule has 1 saturated heterocycles. The first kappa shape index (κ1) is 29.0. The number of rotatable bonds is 9. The normalized spacial score (nSPS) is 14.9. The summed E-state index contributed by atoms with van der Waals surface area (Å²) in [5.41, 5.74) is 5.96. The van der Waals surface area contributed by atoms with E-state index in [1.54, 1.807) is 21.6 Å². The van der Waals surface area contributed by atoms with Crippen molar-refractivity contribution in [1.29, 1.82) is 5.26 Å². The number of likely N-dealkylation sites (N-methyl/N-ethyl adjacent to an activating group) is 1. The molecule has 0 spiro atoms. The van der Waals surface area contributed by atoms with Gasteiger partial charge < -0.3 is 19.8 Å². The maximum Gasteiger partial charge on any atom is 0.225 e. The molecule has 0 radical (unpaired) electrons. The maximum absolute atomic E-state index is 12.8. The van der Waals surface area contributed by atoms with Crippen LogP contribution in [-0.4, -0.2) is 98.1 Å². The lowest BCUT2D eigenvalue weighted by Crippen LogP contribution is -2.49. The topological polar surface area (TPSA) is 119 Å². The van der Waals surface area contributed by atoms with Gasteiger partial charge in [0.2, 0.25) is 5.91 Å². The minimum absolute atomic E-state index is 0.0162. The van der Waals surface area contributed by atoms with E-state index < -0.39 is 6.10 Å². The molecule has 1 atom stereocenters. The first-order valence-corrected chi connectivity index (χ1v) is 14.1. The lowest BCUT2D eigenvalue weighted by molar-refractivity contribution is -0.133. The number of aromatic nitrogens is 5. The molecule has 11 nitrogen and oxygen atoms in total. The molecule has 1 N–H and O–H groups in total. The highest BCUT2D eigenvalue weighted by molar-refractivity contribution is 5.87. The van der Waals surface area contributed by atoms with E-state index in [-0.39, 0.29) is 12.3 Å². The van der Waals surface area contributed by atoms with Crippen molar-refractivity contribution in [1.82, 2.24) is 34.2 Å². The Kier molecular flexibility index (Phi) is 8.66. The van der Waals surface area contributed by atoms with Crippen molar-refractivity contribution in [3.63, 3.8) is 0 Å². The number of anilines is 1. The van der Waals surface area contributed by atoms with Crippen molar-refractivity contribution >= 4 is 17.2 Å². The van der Waals surface area contributed by atoms with E-state index in [9.17, 15) is 15.2 Å². The predicted molar refractivity (Wildman–Crippen MR) is 162 cm³/mol. The van der Waals surface area contributed by atoms with E-state index in [1.807, 2.05) is 69.8 Å². The van der Waals surface area contributed by atoms with Gasteiger partial charge in [-0.3, -0.25) is 9.48 Å². The summed E-state index contributed by atoms with van der Waals surface area (Å²) < 4.78 is 3.49. The second-order valence-electron chi connectivity index (χ2n) is 11.2. The third kappa shape index (κ3) is 6.51. The molecule has 0 aromatic carbocycles. The zero-order chi connectivity index (χ0) is 29.8. The van der Waals surface area contributed by atoms with Crippen molar-refractivity contribution < 1.29 is 9.90 Å². The van der Waals surface area contributed by atoms with E-state index in [0.29, 0.717) is 38.2 Å². The molecule has 1 amide bonds. The summed E-state index contributed by atoms with van der Waals surface area (Å²) in [5.74, 6) is 0.818. The zero-order valence-electron chi connectivity index (χ0n) is 24.6. The molecule has 5 heterocycles. The van der Waals surface area contributed by atoms with Gasteiger partial charge in [0.25, 0.3) is 0 Å². The number of pyridine rings is 2. The standard InChI is InChI=1S/C31H37N9O2/c1-22(7-8-36(2)3)13-27(41)15-30(42)39-11-9-38(10-12-39)29-6-5-23(17-33-29)28-14-24(26-19-34-37(4)20-26)21-40-31(28)25(16-32)18-35-40/h5-7,14,17-21,27,41H,8-13,15H2,1-4H3/b22-7-. The maximum atomic E-state index is 12.8. The van der Waals surface area contributed by atoms with Crippen LogP contribution in [0.4, 0.5) is 5.82 Å². The number of carbonyl (C=O) groups is 1. The quantitative estimate of drug-likeness (QED) is 0.307. The van der Waals surface area contributed by atoms with Gasteiger partial charge in [-0.25, -0.2) is 9.50 Å². The summed E-state index contributed by atoms with van der Waals surface area (Å²) in [6.45, 7) is 5.30. The van der Waals surface area contributed by atoms with Gasteiger partial charge in [0.15, 0.2) is 0 Å². The van der Waals surface area contributed by atoms with Crippen LogP contribution in [0.5, 0.6) is 0 Å². The summed E-state index contributed by atoms with van der Waals surface area (Å²) in [6, 6.07) is 8.29. The van der Waals surface area contributed by atoms with Crippen LogP contribution < -0.4 is 4.90 Å². The number of hydrogen-bond acceptors (Lipinski definition) is 8. The van der Waals surface area contributed by atoms with E-state index in [1.165, 1.54) is 0 Å². The molecule has 5 rings (SSSR count). The van der Waals surface area contributed by atoms with Gasteiger partial charge in [-0.1, -0.05) is 11.6 Å². The smallest absolute Gasteiger partial charge is 0.225 e. The predicted octanol–water partition coefficient (Wildman–Crippen LogP) is 2.97. The number of hydrogen-bond donors (Lipinski definition) is 1. The van der Waals surface area contributed by atoms with E-state index in [0.717, 1.165) is 45.7 Å². The highest BCUT2D eigenvalue weighted by Gasteiger charge is 2.24. The van der Waals surface area contributed by atoms with Gasteiger partial charge in [-0.2, -0.15) is 15.5 Å². The number of fused-ring (bicyclic) bond motifs is 1. The molecule has 0 aliphatic carbocycles. The lowest BCUT2D eigenvalue weighted by Gasteiger charge is -2.35. The Hall–Kier alpha value is -4.53. The van der Waals surface area contributed by atoms with Gasteiger partial charge in [-0.05, 0) is 45.6 Å². The van der Waals surface area contributed by atoms with Gasteiger partial charge in [0.05, 0.1) is 36.0 Å². The van der Waals surface area contributed by atoms with Gasteiger partial charge in [0, 0.05) is 80.6 Å². The molecule has 11 heteroatoms. The Morgan fingerprint density at radius 1 is 1.07 bits per heavy atom. The molecule has 218 valence electrons. The fraction of sp³-hybridized carbons (Fsp3) is 0.387. The minimum Gasteiger partial charge on any atom is -0.392 e. The molecule has 4 aromatic rings. The van der Waals surface area contributed by atoms with E-state index >= 15 is 0 Å². The summed E-state index contributed by atoms with van der Waals surface area (Å²) in [6.07, 6.45) is 11.1. The first-order chi connectivity index (χ1) is 20.2. The molecule has 4 aromatic heterocycles. The number of aryl methyl sites for hydroxylation is 1. The number of aliphatic hydroxyl groups excluding tert-OH is 1. The highest BCUT2D eigenvalue weighted by Crippen LogP contribution is 2.32. The summed E-state index contributed by atoms with van der Waals surface area (Å²) in [5, 5.41) is 28.9. The highest BCUT2D eigenvalue weighted by atomic mass is 16.3. The number of nitrogens with zero attached hydrogens (tertiary/aromatic N) is 9. The van der Waals surface area contributed by atoms with Crippen molar-refractivity contribution in [2.75, 3.05) is 51.7 Å². The van der Waals surface area contributed by atoms with Crippen LogP contribution in [0.25, 0.3) is 27.8 Å². The minimum atomic E-state index is -0.677. The SMILES string of the molecule is C/C(=C/CN(C)C)CC(O)CC(=O)N1CCN(c2ccc(-c3cc(-c4cnn(C)c4)cn4ncc(C#N)c34)cn2)CC1. The first-order valence-electron chi connectivity index (χ1n) is 14.1. The third-order valence-electron chi connectivity index (χ3n) is 7.56. The Bertz CT molecular complexity index is 1620. The molecule has 0 bridgehead atoms. The van der Waals surface area contributed by atoms with Crippen LogP contribution in [0.15, 0.2) is 60.8 Å². The van der Waals surface area contributed by atoms with Crippen LogP contribution in [0.2, 0.25) is 0 Å². The Morgan fingerprint density at radius 3 is 2.50 bits per heavy atom. The average Bonchev–Trinajstić information content (AvgIpc) is 3.61. The van der Waals surface area contributed by atoms with Gasteiger partial charge in [-0.15, -0.1) is 0 Å². The average molecular weight is 568 g/mol. The monoisotopic (exact) mass is 567 g/mol. The number of amides is 1.